The van der Waals surface area contributed by atoms with Gasteiger partial charge in [-0.25, -0.2) is 4.79 Å². The molecule has 1 N–H and O–H groups in total. The highest BCUT2D eigenvalue weighted by Crippen LogP contribution is 2.26. The lowest BCUT2D eigenvalue weighted by molar-refractivity contribution is 0.280. The summed E-state index contributed by atoms with van der Waals surface area (Å²) in [5.41, 5.74) is 6.13. The fraction of sp³-hybridized carbons (Fsp3) is 0.348. The molecule has 0 bridgehead atoms. The number of fused-ring (bicyclic) bond motifs is 1. The lowest BCUT2D eigenvalue weighted by Crippen LogP contribution is -2.23. The first-order valence-electron chi connectivity index (χ1n) is 10.6. The minimum atomic E-state index is -0.324. The zero-order chi connectivity index (χ0) is 22.7. The molecular weight excluding hydrogens is 408 g/mol. The number of rotatable bonds is 6. The highest BCUT2D eigenvalue weighted by molar-refractivity contribution is 6.05. The lowest BCUT2D eigenvalue weighted by Gasteiger charge is -2.13. The van der Waals surface area contributed by atoms with Gasteiger partial charge < -0.3 is 9.84 Å². The van der Waals surface area contributed by atoms with Gasteiger partial charge in [0, 0.05) is 24.6 Å². The summed E-state index contributed by atoms with van der Waals surface area (Å²) >= 11 is 0. The minimum Gasteiger partial charge on any atom is -0.475 e. The van der Waals surface area contributed by atoms with Gasteiger partial charge in [-0.05, 0) is 52.9 Å². The van der Waals surface area contributed by atoms with E-state index in [9.17, 15) is 9.90 Å². The molecular formula is C23H26N6O3. The van der Waals surface area contributed by atoms with Gasteiger partial charge in [0.2, 0.25) is 5.90 Å². The second-order valence-corrected chi connectivity index (χ2v) is 7.65. The molecule has 0 atom stereocenters. The van der Waals surface area contributed by atoms with Crippen LogP contribution < -0.4 is 5.69 Å². The maximum Gasteiger partial charge on any atom is 0.368 e. The van der Waals surface area contributed by atoms with E-state index in [1.165, 1.54) is 9.36 Å². The first-order chi connectivity index (χ1) is 15.5. The number of ether oxygens (including phenoxy) is 1. The number of hydrogen-bond donors (Lipinski definition) is 1. The predicted octanol–water partition coefficient (Wildman–Crippen LogP) is 2.44. The van der Waals surface area contributed by atoms with Gasteiger partial charge in [0.25, 0.3) is 0 Å². The molecule has 3 aromatic rings. The average Bonchev–Trinajstić information content (AvgIpc) is 3.37. The largest absolute Gasteiger partial charge is 0.475 e. The van der Waals surface area contributed by atoms with Gasteiger partial charge >= 0.3 is 5.69 Å². The summed E-state index contributed by atoms with van der Waals surface area (Å²) in [7, 11) is 1.56. The summed E-state index contributed by atoms with van der Waals surface area (Å²) in [5.74, 6) is 0.505. The maximum atomic E-state index is 12.3. The van der Waals surface area contributed by atoms with Gasteiger partial charge in [-0.3, -0.25) is 0 Å². The topological polar surface area (TPSA) is 107 Å². The van der Waals surface area contributed by atoms with Crippen molar-refractivity contribution in [2.45, 2.75) is 46.3 Å². The molecule has 9 nitrogen and oxygen atoms in total. The number of benzene rings is 2. The van der Waals surface area contributed by atoms with E-state index < -0.39 is 0 Å². The molecule has 1 aliphatic carbocycles. The van der Waals surface area contributed by atoms with Crippen LogP contribution in [0.1, 0.15) is 47.6 Å². The Bertz CT molecular complexity index is 1250. The van der Waals surface area contributed by atoms with Crippen LogP contribution in [0.25, 0.3) is 5.69 Å². The van der Waals surface area contributed by atoms with Crippen LogP contribution in [0.15, 0.2) is 51.4 Å². The third-order valence-corrected chi connectivity index (χ3v) is 5.67. The van der Waals surface area contributed by atoms with Crippen molar-refractivity contribution in [3.05, 3.63) is 74.7 Å². The number of hydrogen-bond acceptors (Lipinski definition) is 7. The first kappa shape index (κ1) is 21.6. The first-order valence-corrected chi connectivity index (χ1v) is 10.6. The molecule has 0 aliphatic heterocycles. The van der Waals surface area contributed by atoms with Crippen molar-refractivity contribution >= 4 is 11.6 Å². The lowest BCUT2D eigenvalue weighted by atomic mass is 10.0. The molecule has 9 heteroatoms. The molecule has 0 radical (unpaired) electrons. The summed E-state index contributed by atoms with van der Waals surface area (Å²) in [6.45, 7) is 4.17. The van der Waals surface area contributed by atoms with Gasteiger partial charge in [-0.15, -0.1) is 5.10 Å². The second kappa shape index (κ2) is 9.27. The average molecular weight is 435 g/mol. The number of aliphatic hydroxyl groups is 1. The third kappa shape index (κ3) is 4.11. The molecule has 0 unspecified atom stereocenters. The Morgan fingerprint density at radius 2 is 2.00 bits per heavy atom. The summed E-state index contributed by atoms with van der Waals surface area (Å²) in [6, 6.07) is 11.5. The van der Waals surface area contributed by atoms with Gasteiger partial charge in [-0.1, -0.05) is 37.3 Å². The second-order valence-electron chi connectivity index (χ2n) is 7.65. The molecule has 4 rings (SSSR count). The van der Waals surface area contributed by atoms with Gasteiger partial charge in [-0.2, -0.15) is 14.5 Å². The SMILES string of the molecule is CCC(=NN=C1CCc2c(CO)cccc21)OCc1c(C)cccc1-n1nnn(C)c1=O. The number of aromatic nitrogens is 4. The smallest absolute Gasteiger partial charge is 0.368 e. The Hall–Kier alpha value is -3.59. The van der Waals surface area contributed by atoms with E-state index in [0.717, 1.165) is 46.4 Å². The van der Waals surface area contributed by atoms with Crippen LogP contribution in [-0.4, -0.2) is 36.5 Å². The molecule has 0 saturated carbocycles. The van der Waals surface area contributed by atoms with Crippen molar-refractivity contribution in [3.63, 3.8) is 0 Å². The molecule has 2 aromatic carbocycles. The molecule has 0 spiro atoms. The van der Waals surface area contributed by atoms with Crippen molar-refractivity contribution in [1.29, 1.82) is 0 Å². The quantitative estimate of drug-likeness (QED) is 0.364. The Morgan fingerprint density at radius 3 is 2.72 bits per heavy atom. The van der Waals surface area contributed by atoms with Gasteiger partial charge in [0.05, 0.1) is 18.0 Å². The van der Waals surface area contributed by atoms with Gasteiger partial charge in [0.1, 0.15) is 6.61 Å². The van der Waals surface area contributed by atoms with Crippen LogP contribution in [0, 0.1) is 6.92 Å². The van der Waals surface area contributed by atoms with Crippen LogP contribution in [0.3, 0.4) is 0 Å². The van der Waals surface area contributed by atoms with E-state index in [1.807, 2.05) is 50.2 Å². The molecule has 0 saturated heterocycles. The Kier molecular flexibility index (Phi) is 6.27. The number of tetrazole rings is 1. The van der Waals surface area contributed by atoms with Crippen LogP contribution in [-0.2, 0) is 31.4 Å². The summed E-state index contributed by atoms with van der Waals surface area (Å²) < 4.78 is 8.44. The van der Waals surface area contributed by atoms with E-state index in [-0.39, 0.29) is 18.9 Å². The normalized spacial score (nSPS) is 14.8. The molecule has 1 aliphatic rings. The highest BCUT2D eigenvalue weighted by atomic mass is 16.5. The molecule has 1 aromatic heterocycles. The van der Waals surface area contributed by atoms with E-state index >= 15 is 0 Å². The fourth-order valence-electron chi connectivity index (χ4n) is 3.84. The summed E-state index contributed by atoms with van der Waals surface area (Å²) in [5, 5.41) is 26.1. The van der Waals surface area contributed by atoms with Crippen molar-refractivity contribution in [1.82, 2.24) is 19.8 Å². The highest BCUT2D eigenvalue weighted by Gasteiger charge is 2.20. The zero-order valence-corrected chi connectivity index (χ0v) is 18.4. The van der Waals surface area contributed by atoms with E-state index in [1.54, 1.807) is 7.05 Å². The molecule has 0 amide bonds. The maximum absolute atomic E-state index is 12.3. The van der Waals surface area contributed by atoms with Crippen LogP contribution in [0.2, 0.25) is 0 Å². The van der Waals surface area contributed by atoms with Crippen molar-refractivity contribution in [3.8, 4) is 5.69 Å². The summed E-state index contributed by atoms with van der Waals surface area (Å²) in [6.07, 6.45) is 2.21. The molecule has 166 valence electrons. The van der Waals surface area contributed by atoms with Crippen LogP contribution in [0.5, 0.6) is 0 Å². The van der Waals surface area contributed by atoms with E-state index in [0.29, 0.717) is 18.0 Å². The standard InChI is InChI=1S/C23H26N6O3/c1-4-22(25-24-20-12-11-17-16(13-30)8-6-9-18(17)20)32-14-19-15(2)7-5-10-21(19)29-23(31)28(3)26-27-29/h5-10,30H,4,11-14H2,1-3H3. The molecule has 32 heavy (non-hydrogen) atoms. The predicted molar refractivity (Wildman–Crippen MR) is 121 cm³/mol. The monoisotopic (exact) mass is 434 g/mol. The van der Waals surface area contributed by atoms with E-state index in [4.69, 9.17) is 4.74 Å². The minimum absolute atomic E-state index is 0.0245. The number of nitrogens with zero attached hydrogens (tertiary/aromatic N) is 6. The van der Waals surface area contributed by atoms with Crippen LogP contribution >= 0.6 is 0 Å². The Labute approximate surface area is 185 Å². The van der Waals surface area contributed by atoms with Crippen molar-refractivity contribution < 1.29 is 9.84 Å². The summed E-state index contributed by atoms with van der Waals surface area (Å²) in [4.78, 5) is 12.3. The fourth-order valence-corrected chi connectivity index (χ4v) is 3.84. The van der Waals surface area contributed by atoms with Crippen LogP contribution in [0.4, 0.5) is 0 Å². The van der Waals surface area contributed by atoms with E-state index in [2.05, 4.69) is 20.6 Å². The zero-order valence-electron chi connectivity index (χ0n) is 18.4. The van der Waals surface area contributed by atoms with Gasteiger partial charge in [0.15, 0.2) is 0 Å². The van der Waals surface area contributed by atoms with Crippen molar-refractivity contribution in [2.75, 3.05) is 0 Å². The Morgan fingerprint density at radius 1 is 1.19 bits per heavy atom. The number of aliphatic hydroxyl groups excluding tert-OH is 1. The molecule has 1 heterocycles. The Balaban J connectivity index is 1.57. The van der Waals surface area contributed by atoms with Crippen molar-refractivity contribution in [2.24, 2.45) is 17.3 Å². The molecule has 0 fully saturated rings. The third-order valence-electron chi connectivity index (χ3n) is 5.67. The number of aryl methyl sites for hydroxylation is 2.